The van der Waals surface area contributed by atoms with E-state index in [1.54, 1.807) is 12.1 Å². The Kier molecular flexibility index (Phi) is 9.89. The number of imidazole rings is 1. The van der Waals surface area contributed by atoms with E-state index in [2.05, 4.69) is 38.5 Å². The van der Waals surface area contributed by atoms with E-state index in [4.69, 9.17) is 5.73 Å². The summed E-state index contributed by atoms with van der Waals surface area (Å²) in [4.78, 5) is 56.1. The topological polar surface area (TPSA) is 200 Å². The number of aliphatic carboxylic acids is 1. The molecule has 12 nitrogen and oxygen atoms in total. The molecule has 3 amide bonds. The van der Waals surface area contributed by atoms with Gasteiger partial charge in [0.05, 0.1) is 12.4 Å². The van der Waals surface area contributed by atoms with Crippen LogP contribution in [0.25, 0.3) is 0 Å². The Morgan fingerprint density at radius 3 is 2.12 bits per heavy atom. The Hall–Kier alpha value is -3.58. The lowest BCUT2D eigenvalue weighted by molar-refractivity contribution is -0.142. The van der Waals surface area contributed by atoms with Crippen LogP contribution in [0.3, 0.4) is 0 Å². The number of nitrogens with one attached hydrogen (secondary N) is 4. The molecule has 2 aromatic rings. The number of nitrogens with zero attached hydrogens (tertiary/aromatic N) is 1. The summed E-state index contributed by atoms with van der Waals surface area (Å²) in [5.74, 6) is -3.30. The van der Waals surface area contributed by atoms with E-state index >= 15 is 0 Å². The van der Waals surface area contributed by atoms with E-state index in [0.717, 1.165) is 0 Å². The molecule has 13 heteroatoms. The molecular formula is C21H28N6O6S. The Morgan fingerprint density at radius 1 is 1.00 bits per heavy atom. The highest BCUT2D eigenvalue weighted by atomic mass is 32.1. The monoisotopic (exact) mass is 492 g/mol. The second-order valence-electron chi connectivity index (χ2n) is 7.64. The van der Waals surface area contributed by atoms with Gasteiger partial charge >= 0.3 is 5.97 Å². The van der Waals surface area contributed by atoms with E-state index < -0.39 is 47.9 Å². The average molecular weight is 493 g/mol. The standard InChI is InChI=1S/C21H28N6O6S/c1-11(22)18(29)27-17(9-34)20(31)25-15(7-13-8-23-10-24-13)19(30)26-16(21(32)33)6-12-2-4-14(28)5-3-12/h2-5,8,10-11,15-17,28,34H,6-7,9,22H2,1H3,(H,23,24)(H,25,31)(H,26,30)(H,27,29)(H,32,33). The van der Waals surface area contributed by atoms with Crippen molar-refractivity contribution in [3.8, 4) is 5.75 Å². The lowest BCUT2D eigenvalue weighted by Crippen LogP contribution is -2.58. The predicted octanol–water partition coefficient (Wildman–Crippen LogP) is -1.28. The molecule has 4 unspecified atom stereocenters. The molecule has 1 heterocycles. The van der Waals surface area contributed by atoms with Crippen molar-refractivity contribution in [2.24, 2.45) is 5.73 Å². The first-order valence-electron chi connectivity index (χ1n) is 10.4. The molecule has 0 aliphatic heterocycles. The number of carbonyl (C=O) groups excluding carboxylic acids is 3. The van der Waals surface area contributed by atoms with E-state index in [1.165, 1.54) is 31.6 Å². The van der Waals surface area contributed by atoms with E-state index in [1.807, 2.05) is 0 Å². The van der Waals surface area contributed by atoms with Gasteiger partial charge in [-0.2, -0.15) is 12.6 Å². The van der Waals surface area contributed by atoms with Crippen LogP contribution in [0.1, 0.15) is 18.2 Å². The molecule has 4 atom stereocenters. The van der Waals surface area contributed by atoms with Gasteiger partial charge in [0.2, 0.25) is 17.7 Å². The number of aromatic nitrogens is 2. The van der Waals surface area contributed by atoms with Crippen LogP contribution in [0, 0.1) is 0 Å². The van der Waals surface area contributed by atoms with Crippen molar-refractivity contribution < 1.29 is 29.4 Å². The van der Waals surface area contributed by atoms with Crippen LogP contribution in [0.15, 0.2) is 36.8 Å². The van der Waals surface area contributed by atoms with Crippen LogP contribution in [0.4, 0.5) is 0 Å². The van der Waals surface area contributed by atoms with Crippen LogP contribution in [0.5, 0.6) is 5.75 Å². The van der Waals surface area contributed by atoms with Gasteiger partial charge in [0.1, 0.15) is 23.9 Å². The molecule has 0 aliphatic carbocycles. The SMILES string of the molecule is CC(N)C(=O)NC(CS)C(=O)NC(Cc1cnc[nH]1)C(=O)NC(Cc1ccc(O)cc1)C(=O)O. The summed E-state index contributed by atoms with van der Waals surface area (Å²) in [6.07, 6.45) is 2.81. The van der Waals surface area contributed by atoms with Crippen molar-refractivity contribution in [3.63, 3.8) is 0 Å². The van der Waals surface area contributed by atoms with Crippen molar-refractivity contribution in [1.82, 2.24) is 25.9 Å². The summed E-state index contributed by atoms with van der Waals surface area (Å²) >= 11 is 4.08. The van der Waals surface area contributed by atoms with Gasteiger partial charge in [-0.15, -0.1) is 0 Å². The molecule has 2 rings (SSSR count). The molecule has 0 saturated carbocycles. The molecule has 8 N–H and O–H groups in total. The van der Waals surface area contributed by atoms with Gasteiger partial charge in [0.25, 0.3) is 0 Å². The summed E-state index contributed by atoms with van der Waals surface area (Å²) in [6, 6.07) is 1.51. The smallest absolute Gasteiger partial charge is 0.326 e. The summed E-state index contributed by atoms with van der Waals surface area (Å²) in [7, 11) is 0. The number of hydrogen-bond donors (Lipinski definition) is 8. The number of carboxylic acid groups (broad SMARTS) is 1. The number of hydrogen-bond acceptors (Lipinski definition) is 8. The first-order valence-corrected chi connectivity index (χ1v) is 11.0. The van der Waals surface area contributed by atoms with E-state index in [9.17, 15) is 29.4 Å². The molecule has 34 heavy (non-hydrogen) atoms. The number of nitrogens with two attached hydrogens (primary N) is 1. The third-order valence-electron chi connectivity index (χ3n) is 4.83. The van der Waals surface area contributed by atoms with Crippen LogP contribution < -0.4 is 21.7 Å². The van der Waals surface area contributed by atoms with E-state index in [0.29, 0.717) is 11.3 Å². The Morgan fingerprint density at radius 2 is 1.59 bits per heavy atom. The number of thiol groups is 1. The lowest BCUT2D eigenvalue weighted by atomic mass is 10.0. The van der Waals surface area contributed by atoms with Gasteiger partial charge in [0.15, 0.2) is 0 Å². The first kappa shape index (κ1) is 26.7. The van der Waals surface area contributed by atoms with Gasteiger partial charge in [-0.25, -0.2) is 9.78 Å². The zero-order valence-electron chi connectivity index (χ0n) is 18.4. The van der Waals surface area contributed by atoms with Crippen LogP contribution in [-0.2, 0) is 32.0 Å². The zero-order chi connectivity index (χ0) is 25.3. The second kappa shape index (κ2) is 12.6. The normalized spacial score (nSPS) is 14.3. The van der Waals surface area contributed by atoms with Gasteiger partial charge in [-0.1, -0.05) is 12.1 Å². The van der Waals surface area contributed by atoms with Crippen molar-refractivity contribution >= 4 is 36.3 Å². The van der Waals surface area contributed by atoms with Crippen LogP contribution in [0.2, 0.25) is 0 Å². The highest BCUT2D eigenvalue weighted by Gasteiger charge is 2.30. The number of H-pyrrole nitrogens is 1. The van der Waals surface area contributed by atoms with Crippen molar-refractivity contribution in [3.05, 3.63) is 48.0 Å². The maximum Gasteiger partial charge on any atom is 0.326 e. The zero-order valence-corrected chi connectivity index (χ0v) is 19.3. The van der Waals surface area contributed by atoms with Crippen LogP contribution in [-0.4, -0.2) is 73.8 Å². The Labute approximate surface area is 201 Å². The fourth-order valence-corrected chi connectivity index (χ4v) is 3.19. The third-order valence-corrected chi connectivity index (χ3v) is 5.20. The molecule has 0 fully saturated rings. The quantitative estimate of drug-likeness (QED) is 0.167. The minimum absolute atomic E-state index is 0.0103. The largest absolute Gasteiger partial charge is 0.508 e. The van der Waals surface area contributed by atoms with Gasteiger partial charge in [-0.3, -0.25) is 14.4 Å². The van der Waals surface area contributed by atoms with Crippen LogP contribution >= 0.6 is 12.6 Å². The summed E-state index contributed by atoms with van der Waals surface area (Å²) in [5.41, 5.74) is 6.62. The Bertz CT molecular complexity index is 982. The lowest BCUT2D eigenvalue weighted by Gasteiger charge is -2.24. The number of carboxylic acids is 1. The van der Waals surface area contributed by atoms with E-state index in [-0.39, 0.29) is 24.3 Å². The molecule has 0 aliphatic rings. The highest BCUT2D eigenvalue weighted by molar-refractivity contribution is 7.80. The number of rotatable bonds is 12. The maximum atomic E-state index is 13.0. The third kappa shape index (κ3) is 8.08. The number of phenols is 1. The number of benzene rings is 1. The first-order chi connectivity index (χ1) is 16.1. The molecular weight excluding hydrogens is 464 g/mol. The number of aromatic hydroxyl groups is 1. The minimum Gasteiger partial charge on any atom is -0.508 e. The summed E-state index contributed by atoms with van der Waals surface area (Å²) in [5, 5.41) is 26.4. The molecule has 184 valence electrons. The molecule has 0 radical (unpaired) electrons. The maximum absolute atomic E-state index is 13.0. The average Bonchev–Trinajstić information content (AvgIpc) is 3.30. The number of phenolic OH excluding ortho intramolecular Hbond substituents is 1. The predicted molar refractivity (Wildman–Crippen MR) is 125 cm³/mol. The summed E-state index contributed by atoms with van der Waals surface area (Å²) in [6.45, 7) is 1.46. The molecule has 1 aromatic heterocycles. The van der Waals surface area contributed by atoms with Gasteiger partial charge in [-0.05, 0) is 24.6 Å². The fraction of sp³-hybridized carbons (Fsp3) is 0.381. The molecule has 0 bridgehead atoms. The van der Waals surface area contributed by atoms with Crippen molar-refractivity contribution in [2.45, 2.75) is 43.9 Å². The number of amides is 3. The second-order valence-corrected chi connectivity index (χ2v) is 8.01. The fourth-order valence-electron chi connectivity index (χ4n) is 2.94. The number of carbonyl (C=O) groups is 4. The highest BCUT2D eigenvalue weighted by Crippen LogP contribution is 2.12. The Balaban J connectivity index is 2.16. The summed E-state index contributed by atoms with van der Waals surface area (Å²) < 4.78 is 0. The molecule has 0 spiro atoms. The van der Waals surface area contributed by atoms with Gasteiger partial charge < -0.3 is 36.9 Å². The molecule has 1 aromatic carbocycles. The molecule has 0 saturated heterocycles. The number of aromatic amines is 1. The van der Waals surface area contributed by atoms with Crippen molar-refractivity contribution in [2.75, 3.05) is 5.75 Å². The van der Waals surface area contributed by atoms with Gasteiger partial charge in [0, 0.05) is 30.5 Å². The van der Waals surface area contributed by atoms with Crippen molar-refractivity contribution in [1.29, 1.82) is 0 Å². The minimum atomic E-state index is -1.29.